The van der Waals surface area contributed by atoms with Gasteiger partial charge in [-0.3, -0.25) is 4.99 Å². The summed E-state index contributed by atoms with van der Waals surface area (Å²) < 4.78 is 5.85. The Hall–Kier alpha value is -0.630. The van der Waals surface area contributed by atoms with Crippen molar-refractivity contribution >= 4 is 41.7 Å². The third kappa shape index (κ3) is 6.70. The van der Waals surface area contributed by atoms with Crippen LogP contribution >= 0.6 is 35.7 Å². The summed E-state index contributed by atoms with van der Waals surface area (Å²) in [5.41, 5.74) is 1.29. The van der Waals surface area contributed by atoms with Crippen LogP contribution in [0.3, 0.4) is 0 Å². The van der Waals surface area contributed by atoms with Gasteiger partial charge in [0.25, 0.3) is 0 Å². The van der Waals surface area contributed by atoms with E-state index in [4.69, 9.17) is 4.74 Å². The highest BCUT2D eigenvalue weighted by Crippen LogP contribution is 2.29. The molecule has 0 atom stereocenters. The number of ether oxygens (including phenoxy) is 1. The number of nitrogens with one attached hydrogen (secondary N) is 1. The summed E-state index contributed by atoms with van der Waals surface area (Å²) in [6, 6.07) is 8.33. The van der Waals surface area contributed by atoms with Gasteiger partial charge >= 0.3 is 0 Å². The monoisotopic (exact) mass is 463 g/mol. The molecule has 2 rings (SSSR count). The van der Waals surface area contributed by atoms with E-state index in [1.165, 1.54) is 5.56 Å². The van der Waals surface area contributed by atoms with Gasteiger partial charge in [0.05, 0.1) is 6.61 Å². The predicted octanol–water partition coefficient (Wildman–Crippen LogP) is 3.65. The fourth-order valence-electron chi connectivity index (χ4n) is 2.81. The fraction of sp³-hybridized carbons (Fsp3) is 0.611. The number of guanidine groups is 1. The van der Waals surface area contributed by atoms with Gasteiger partial charge in [-0.05, 0) is 44.9 Å². The maximum atomic E-state index is 5.56. The first-order valence-corrected chi connectivity index (χ1v) is 9.34. The second-order valence-electron chi connectivity index (χ2n) is 6.33. The summed E-state index contributed by atoms with van der Waals surface area (Å²) in [6.45, 7) is 10.3. The van der Waals surface area contributed by atoms with E-state index < -0.39 is 0 Å². The molecule has 1 fully saturated rings. The molecule has 0 amide bonds. The van der Waals surface area contributed by atoms with Crippen molar-refractivity contribution in [3.05, 3.63) is 29.8 Å². The van der Waals surface area contributed by atoms with Gasteiger partial charge in [0.1, 0.15) is 5.75 Å². The first-order chi connectivity index (χ1) is 11.0. The molecule has 1 aliphatic rings. The molecular formula is C18H30IN3OS. The summed E-state index contributed by atoms with van der Waals surface area (Å²) in [7, 11) is 1.87. The van der Waals surface area contributed by atoms with Crippen LogP contribution in [0.2, 0.25) is 0 Å². The summed E-state index contributed by atoms with van der Waals surface area (Å²) in [6.07, 6.45) is 0.964. The summed E-state index contributed by atoms with van der Waals surface area (Å²) >= 11 is 2.04. The zero-order valence-electron chi connectivity index (χ0n) is 15.2. The molecular weight excluding hydrogens is 433 g/mol. The van der Waals surface area contributed by atoms with Gasteiger partial charge in [-0.2, -0.15) is 11.8 Å². The maximum absolute atomic E-state index is 5.56. The minimum Gasteiger partial charge on any atom is -0.494 e. The molecule has 1 aromatic rings. The van der Waals surface area contributed by atoms with Crippen LogP contribution in [0.1, 0.15) is 26.3 Å². The normalized spacial score (nSPS) is 17.2. The van der Waals surface area contributed by atoms with Crippen LogP contribution < -0.4 is 10.1 Å². The molecule has 136 valence electrons. The quantitative estimate of drug-likeness (QED) is 0.411. The maximum Gasteiger partial charge on any atom is 0.193 e. The van der Waals surface area contributed by atoms with Crippen molar-refractivity contribution in [2.24, 2.45) is 4.99 Å². The van der Waals surface area contributed by atoms with E-state index in [9.17, 15) is 0 Å². The third-order valence-electron chi connectivity index (χ3n) is 3.84. The zero-order chi connectivity index (χ0) is 16.7. The van der Waals surface area contributed by atoms with E-state index in [0.29, 0.717) is 11.4 Å². The van der Waals surface area contributed by atoms with E-state index in [1.54, 1.807) is 0 Å². The van der Waals surface area contributed by atoms with E-state index >= 15 is 0 Å². The number of halogens is 1. The molecule has 24 heavy (non-hydrogen) atoms. The van der Waals surface area contributed by atoms with Crippen LogP contribution in [-0.2, 0) is 6.42 Å². The van der Waals surface area contributed by atoms with Crippen LogP contribution in [0.4, 0.5) is 0 Å². The molecule has 1 aliphatic heterocycles. The SMILES string of the molecule is CCOc1cccc(CCNC(=NC)N2CCSC(C)(C)C2)c1.I. The first-order valence-electron chi connectivity index (χ1n) is 8.35. The van der Waals surface area contributed by atoms with Crippen molar-refractivity contribution in [2.75, 3.05) is 39.0 Å². The van der Waals surface area contributed by atoms with Crippen molar-refractivity contribution in [1.82, 2.24) is 10.2 Å². The van der Waals surface area contributed by atoms with Gasteiger partial charge in [-0.15, -0.1) is 24.0 Å². The van der Waals surface area contributed by atoms with Crippen molar-refractivity contribution in [2.45, 2.75) is 31.9 Å². The minimum absolute atomic E-state index is 0. The average Bonchev–Trinajstić information content (AvgIpc) is 2.51. The number of hydrogen-bond acceptors (Lipinski definition) is 3. The smallest absolute Gasteiger partial charge is 0.193 e. The van der Waals surface area contributed by atoms with Gasteiger partial charge in [-0.25, -0.2) is 0 Å². The lowest BCUT2D eigenvalue weighted by molar-refractivity contribution is 0.340. The molecule has 6 heteroatoms. The van der Waals surface area contributed by atoms with Crippen LogP contribution in [0.5, 0.6) is 5.75 Å². The minimum atomic E-state index is 0. The van der Waals surface area contributed by atoms with Crippen molar-refractivity contribution < 1.29 is 4.74 Å². The predicted molar refractivity (Wildman–Crippen MR) is 116 cm³/mol. The Balaban J connectivity index is 0.00000288. The standard InChI is InChI=1S/C18H29N3OS.HI/c1-5-22-16-8-6-7-15(13-16)9-10-20-17(19-4)21-11-12-23-18(2,3)14-21;/h6-8,13H,5,9-12,14H2,1-4H3,(H,19,20);1H. The Morgan fingerprint density at radius 3 is 2.88 bits per heavy atom. The van der Waals surface area contributed by atoms with Gasteiger partial charge < -0.3 is 15.0 Å². The van der Waals surface area contributed by atoms with Crippen molar-refractivity contribution in [3.63, 3.8) is 0 Å². The molecule has 0 spiro atoms. The Bertz CT molecular complexity index is 537. The highest BCUT2D eigenvalue weighted by Gasteiger charge is 2.28. The van der Waals surface area contributed by atoms with Crippen LogP contribution in [0.25, 0.3) is 0 Å². The van der Waals surface area contributed by atoms with Crippen LogP contribution in [-0.4, -0.2) is 54.6 Å². The number of benzene rings is 1. The van der Waals surface area contributed by atoms with Gasteiger partial charge in [0.15, 0.2) is 5.96 Å². The molecule has 0 radical (unpaired) electrons. The molecule has 0 aliphatic carbocycles. The molecule has 0 bridgehead atoms. The van der Waals surface area contributed by atoms with E-state index in [0.717, 1.165) is 43.5 Å². The Morgan fingerprint density at radius 2 is 2.21 bits per heavy atom. The molecule has 4 nitrogen and oxygen atoms in total. The highest BCUT2D eigenvalue weighted by atomic mass is 127. The number of nitrogens with zero attached hydrogens (tertiary/aromatic N) is 2. The highest BCUT2D eigenvalue weighted by molar-refractivity contribution is 14.0. The van der Waals surface area contributed by atoms with Gasteiger partial charge in [0.2, 0.25) is 0 Å². The number of hydrogen-bond donors (Lipinski definition) is 1. The average molecular weight is 463 g/mol. The van der Waals surface area contributed by atoms with E-state index in [1.807, 2.05) is 31.8 Å². The summed E-state index contributed by atoms with van der Waals surface area (Å²) in [5, 5.41) is 3.50. The Kier molecular flexibility index (Phi) is 9.26. The largest absolute Gasteiger partial charge is 0.494 e. The molecule has 1 saturated heterocycles. The summed E-state index contributed by atoms with van der Waals surface area (Å²) in [5.74, 6) is 3.12. The number of rotatable bonds is 5. The van der Waals surface area contributed by atoms with E-state index in [-0.39, 0.29) is 24.0 Å². The second kappa shape index (κ2) is 10.4. The van der Waals surface area contributed by atoms with E-state index in [2.05, 4.69) is 47.3 Å². The van der Waals surface area contributed by atoms with Crippen molar-refractivity contribution in [3.8, 4) is 5.75 Å². The van der Waals surface area contributed by atoms with Crippen LogP contribution in [0.15, 0.2) is 29.3 Å². The third-order valence-corrected chi connectivity index (χ3v) is 5.14. The molecule has 0 saturated carbocycles. The second-order valence-corrected chi connectivity index (χ2v) is 8.14. The summed E-state index contributed by atoms with van der Waals surface area (Å²) in [4.78, 5) is 6.82. The number of thioether (sulfide) groups is 1. The van der Waals surface area contributed by atoms with Gasteiger partial charge in [0, 0.05) is 37.2 Å². The molecule has 1 N–H and O–H groups in total. The molecule has 0 unspecified atom stereocenters. The molecule has 1 heterocycles. The first kappa shape index (κ1) is 21.4. The lowest BCUT2D eigenvalue weighted by Crippen LogP contribution is -2.51. The Morgan fingerprint density at radius 1 is 1.42 bits per heavy atom. The fourth-order valence-corrected chi connectivity index (χ4v) is 3.92. The van der Waals surface area contributed by atoms with Gasteiger partial charge in [-0.1, -0.05) is 12.1 Å². The lowest BCUT2D eigenvalue weighted by Gasteiger charge is -2.39. The Labute approximate surface area is 167 Å². The van der Waals surface area contributed by atoms with Crippen LogP contribution in [0, 0.1) is 0 Å². The molecule has 1 aromatic carbocycles. The topological polar surface area (TPSA) is 36.9 Å². The zero-order valence-corrected chi connectivity index (χ0v) is 18.3. The van der Waals surface area contributed by atoms with Crippen molar-refractivity contribution in [1.29, 1.82) is 0 Å². The molecule has 0 aromatic heterocycles. The lowest BCUT2D eigenvalue weighted by atomic mass is 10.1. The number of aliphatic imine (C=N–C) groups is 1.